The molecule has 0 spiro atoms. The summed E-state index contributed by atoms with van der Waals surface area (Å²) in [6.45, 7) is 29.0. The minimum atomic E-state index is -0.605. The number of aliphatic hydroxyl groups excluding tert-OH is 8. The summed E-state index contributed by atoms with van der Waals surface area (Å²) in [5.41, 5.74) is 2.13. The molecule has 0 bridgehead atoms. The minimum absolute atomic E-state index is 0. The summed E-state index contributed by atoms with van der Waals surface area (Å²) in [5, 5.41) is 124. The molecule has 0 amide bonds. The molecule has 20 aliphatic rings. The fourth-order valence-electron chi connectivity index (χ4n) is 37.9. The Balaban J connectivity index is 0.000000146. The molecule has 20 rings (SSSR count). The summed E-state index contributed by atoms with van der Waals surface area (Å²) >= 11 is 0. The summed E-state index contributed by atoms with van der Waals surface area (Å²) in [4.78, 5) is 45.7. The van der Waals surface area contributed by atoms with Gasteiger partial charge in [-0.25, -0.2) is 0 Å². The Kier molecular flexibility index (Phi) is 30.7. The van der Waals surface area contributed by atoms with Crippen molar-refractivity contribution in [1.82, 2.24) is 0 Å². The molecule has 20 saturated carbocycles. The van der Waals surface area contributed by atoms with E-state index in [1.54, 1.807) is 0 Å². The molecule has 0 aromatic heterocycles. The van der Waals surface area contributed by atoms with Crippen molar-refractivity contribution in [2.24, 2.45) is 233 Å². The van der Waals surface area contributed by atoms with E-state index in [-0.39, 0.29) is 216 Å². The molecule has 12 N–H and O–H groups in total. The zero-order valence-electron chi connectivity index (χ0n) is 75.2. The molecular formula is C100H160Ir5O16. The summed E-state index contributed by atoms with van der Waals surface area (Å²) in [7, 11) is 0. The third kappa shape index (κ3) is 17.0. The molecule has 121 heavy (non-hydrogen) atoms. The predicted octanol–water partition coefficient (Wildman–Crippen LogP) is 17.3. The average Bonchev–Trinajstić information content (AvgIpc) is 0.773. The number of rotatable bonds is 12. The molecule has 21 heteroatoms. The number of fused-ring (bicyclic) bond motifs is 20. The van der Waals surface area contributed by atoms with Crippen molar-refractivity contribution in [3.05, 3.63) is 0 Å². The molecule has 16 nitrogen and oxygen atoms in total. The fraction of sp³-hybridized carbons (Fsp3) is 0.960. The molecule has 0 heterocycles. The van der Waals surface area contributed by atoms with E-state index in [1.807, 2.05) is 0 Å². The second-order valence-corrected chi connectivity index (χ2v) is 48.6. The third-order valence-electron chi connectivity index (χ3n) is 44.8. The van der Waals surface area contributed by atoms with Gasteiger partial charge in [-0.05, 0) is 440 Å². The fourth-order valence-corrected chi connectivity index (χ4v) is 37.9. The van der Waals surface area contributed by atoms with Gasteiger partial charge < -0.3 is 61.3 Å². The van der Waals surface area contributed by atoms with Gasteiger partial charge in [-0.15, -0.1) is 0 Å². The van der Waals surface area contributed by atoms with Crippen LogP contribution in [0, 0.1) is 233 Å². The van der Waals surface area contributed by atoms with Crippen LogP contribution < -0.4 is 0 Å². The van der Waals surface area contributed by atoms with Gasteiger partial charge in [0.2, 0.25) is 0 Å². The molecule has 48 atom stereocenters. The number of carbonyl (C=O) groups is 4. The first-order chi connectivity index (χ1) is 54.7. The van der Waals surface area contributed by atoms with Gasteiger partial charge in [-0.1, -0.05) is 83.1 Å². The van der Waals surface area contributed by atoms with Crippen LogP contribution in [-0.4, -0.2) is 134 Å². The summed E-state index contributed by atoms with van der Waals surface area (Å²) < 4.78 is 0. The van der Waals surface area contributed by atoms with Crippen LogP contribution in [0.15, 0.2) is 0 Å². The molecule has 14 unspecified atom stereocenters. The van der Waals surface area contributed by atoms with Gasteiger partial charge in [0.05, 0.1) is 72.5 Å². The SMILES string of the molecule is C[C@H](C1CC1C(=O)O)[C@H]1CCC2C3C(CC[C@@]21C)[C@@]1(C)CC[C@@H](O)C[C@H]1C[C@H]3O.C[C@H]([C@@H]1C[C@@H]1C(=O)O)[C@H]1CCC2C3C(CC[C@@]21C)[C@@]1(C)CC[C@@H](O)C[C@H]1C[C@H]3O.C[C@H]([C@@H]1C[C@H]1C(=O)O)[C@H]1CCC2C3C(CC[C@@]21C)[C@@]1(C)CC[C@@H](O)C[C@H]1C[C@H]3O.C[C@H]([C@H]1C[C@@H]1C(=O)O)[C@H]1CCC2C3C(CC[C@@]21C)[C@@]1(C)CC[C@@H](O)C[C@H]1C[C@H]3O.[Ir].[Ir].[Ir].[Ir].[Ir]. The zero-order valence-corrected chi connectivity index (χ0v) is 87.2. The zero-order chi connectivity index (χ0) is 82.9. The van der Waals surface area contributed by atoms with Gasteiger partial charge in [0.15, 0.2) is 0 Å². The van der Waals surface area contributed by atoms with E-state index in [2.05, 4.69) is 83.1 Å². The molecule has 0 aliphatic heterocycles. The Morgan fingerprint density at radius 1 is 0.231 bits per heavy atom. The summed E-state index contributed by atoms with van der Waals surface area (Å²) in [6.07, 6.45) is 36.3. The van der Waals surface area contributed by atoms with Gasteiger partial charge >= 0.3 is 23.9 Å². The van der Waals surface area contributed by atoms with E-state index in [1.165, 1.54) is 103 Å². The maximum absolute atomic E-state index is 11.4. The van der Waals surface area contributed by atoms with Crippen LogP contribution >= 0.6 is 0 Å². The minimum Gasteiger partial charge on any atom is -0.481 e. The molecule has 5 radical (unpaired) electrons. The van der Waals surface area contributed by atoms with Crippen LogP contribution in [0.5, 0.6) is 0 Å². The standard InChI is InChI=1S/4C25H40O4.5Ir/c4*1-13(16-12-17(16)23(28)29)18-4-5-19-22-20(7-9-25(18,19)3)24(2)8-6-15(26)10-14(24)11-21(22)27;;;;;/h4*13-22,26-27H,4-12H2,1-3H3,(H,28,29);;;;;/t13-,14+,15-,16?,17?,18-,19?,20?,21-,22?,24+,25-;13-,14+,15-,16+,17+,18-,19?,20?,21-,22?,24+,25-;13-,14+,15-,16+,17-,18-,19?,20?,21-,22?,24+,25-;13-,14+,15-,16-,17+,18-,19?,20?,21-,22?,24+,25-;;;;;/m1111...../s1. The summed E-state index contributed by atoms with van der Waals surface area (Å²) in [5.74, 6) is 11.1. The maximum atomic E-state index is 11.4. The van der Waals surface area contributed by atoms with Gasteiger partial charge in [-0.3, -0.25) is 19.2 Å². The van der Waals surface area contributed by atoms with Gasteiger partial charge in [-0.2, -0.15) is 0 Å². The third-order valence-corrected chi connectivity index (χ3v) is 44.8. The second kappa shape index (κ2) is 36.9. The number of carboxylic acid groups (broad SMARTS) is 4. The number of aliphatic hydroxyl groups is 8. The normalized spacial score (nSPS) is 55.0. The van der Waals surface area contributed by atoms with Crippen LogP contribution in [0.1, 0.15) is 314 Å². The molecule has 0 aromatic carbocycles. The van der Waals surface area contributed by atoms with Crippen molar-refractivity contribution in [2.75, 3.05) is 0 Å². The van der Waals surface area contributed by atoms with Crippen molar-refractivity contribution in [3.8, 4) is 0 Å². The largest absolute Gasteiger partial charge is 0.481 e. The van der Waals surface area contributed by atoms with E-state index in [4.69, 9.17) is 0 Å². The van der Waals surface area contributed by atoms with Crippen LogP contribution in [0.3, 0.4) is 0 Å². The first-order valence-electron chi connectivity index (χ1n) is 49.0. The van der Waals surface area contributed by atoms with Crippen LogP contribution in [0.25, 0.3) is 0 Å². The Bertz CT molecular complexity index is 3200. The van der Waals surface area contributed by atoms with E-state index < -0.39 is 23.9 Å². The Hall–Kier alpha value is 0.807. The molecule has 20 fully saturated rings. The molecule has 701 valence electrons. The van der Waals surface area contributed by atoms with Gasteiger partial charge in [0.1, 0.15) is 0 Å². The van der Waals surface area contributed by atoms with Crippen molar-refractivity contribution in [1.29, 1.82) is 0 Å². The van der Waals surface area contributed by atoms with E-state index in [9.17, 15) is 80.5 Å². The second-order valence-electron chi connectivity index (χ2n) is 48.6. The Labute approximate surface area is 793 Å². The van der Waals surface area contributed by atoms with Crippen molar-refractivity contribution in [2.45, 2.75) is 363 Å². The van der Waals surface area contributed by atoms with Gasteiger partial charge in [0, 0.05) is 101 Å². The first-order valence-corrected chi connectivity index (χ1v) is 49.0. The van der Waals surface area contributed by atoms with Crippen LogP contribution in [0.2, 0.25) is 0 Å². The van der Waals surface area contributed by atoms with Crippen molar-refractivity contribution >= 4 is 23.9 Å². The topological polar surface area (TPSA) is 311 Å². The van der Waals surface area contributed by atoms with E-state index in [0.717, 1.165) is 128 Å². The summed E-state index contributed by atoms with van der Waals surface area (Å²) in [6, 6.07) is 0. The van der Waals surface area contributed by atoms with Gasteiger partial charge in [0.25, 0.3) is 0 Å². The van der Waals surface area contributed by atoms with Crippen LogP contribution in [0.4, 0.5) is 0 Å². The Morgan fingerprint density at radius 3 is 0.562 bits per heavy atom. The number of hydrogen-bond donors (Lipinski definition) is 12. The number of hydrogen-bond acceptors (Lipinski definition) is 12. The van der Waals surface area contributed by atoms with Crippen molar-refractivity contribution in [3.63, 3.8) is 0 Å². The smallest absolute Gasteiger partial charge is 0.306 e. The molecule has 20 aliphatic carbocycles. The first kappa shape index (κ1) is 101. The van der Waals surface area contributed by atoms with E-state index >= 15 is 0 Å². The predicted molar refractivity (Wildman–Crippen MR) is 444 cm³/mol. The number of carboxylic acids is 4. The molecule has 0 aromatic rings. The Morgan fingerprint density at radius 2 is 0.397 bits per heavy atom. The van der Waals surface area contributed by atoms with Crippen LogP contribution in [-0.2, 0) is 120 Å². The average molecular weight is 2580 g/mol. The number of aliphatic carboxylic acids is 4. The maximum Gasteiger partial charge on any atom is 0.306 e. The van der Waals surface area contributed by atoms with E-state index in [0.29, 0.717) is 166 Å². The quantitative estimate of drug-likeness (QED) is 0.0864. The van der Waals surface area contributed by atoms with Crippen molar-refractivity contribution < 1.29 is 181 Å². The molecule has 0 saturated heterocycles. The molecular weight excluding hydrogens is 2420 g/mol. The monoisotopic (exact) mass is 2580 g/mol.